The smallest absolute Gasteiger partial charge is 0.249 e. The van der Waals surface area contributed by atoms with Gasteiger partial charge in [0.1, 0.15) is 6.04 Å². The van der Waals surface area contributed by atoms with Gasteiger partial charge < -0.3 is 16.0 Å². The Kier molecular flexibility index (Phi) is 6.11. The fourth-order valence-electron chi connectivity index (χ4n) is 2.35. The van der Waals surface area contributed by atoms with E-state index in [4.69, 9.17) is 17.3 Å². The van der Waals surface area contributed by atoms with Gasteiger partial charge in [0.25, 0.3) is 0 Å². The third kappa shape index (κ3) is 4.15. The number of anilines is 1. The van der Waals surface area contributed by atoms with Gasteiger partial charge in [0.2, 0.25) is 11.8 Å². The van der Waals surface area contributed by atoms with Crippen molar-refractivity contribution in [3.63, 3.8) is 0 Å². The van der Waals surface area contributed by atoms with E-state index in [0.717, 1.165) is 11.4 Å². The first-order valence-electron chi connectivity index (χ1n) is 7.14. The number of carbonyl (C=O) groups is 2. The molecular formula is C15H20ClN3O2S. The number of nitrogens with zero attached hydrogens (tertiary/aromatic N) is 1. The van der Waals surface area contributed by atoms with Crippen LogP contribution in [0.25, 0.3) is 0 Å². The number of halogens is 1. The SMILES string of the molecule is CSCC[C@H](N)C(=O)NC1CCN(c2ccc(Cl)cc2)C1=O. The lowest BCUT2D eigenvalue weighted by atomic mass is 10.2. The van der Waals surface area contributed by atoms with Crippen molar-refractivity contribution in [2.45, 2.75) is 24.9 Å². The Labute approximate surface area is 139 Å². The fourth-order valence-corrected chi connectivity index (χ4v) is 2.96. The molecule has 0 spiro atoms. The molecule has 0 bridgehead atoms. The van der Waals surface area contributed by atoms with Gasteiger partial charge in [0, 0.05) is 17.3 Å². The monoisotopic (exact) mass is 341 g/mol. The van der Waals surface area contributed by atoms with Gasteiger partial charge >= 0.3 is 0 Å². The summed E-state index contributed by atoms with van der Waals surface area (Å²) >= 11 is 7.50. The molecular weight excluding hydrogens is 322 g/mol. The Morgan fingerprint density at radius 1 is 1.50 bits per heavy atom. The number of nitrogens with two attached hydrogens (primary N) is 1. The van der Waals surface area contributed by atoms with Crippen molar-refractivity contribution in [2.75, 3.05) is 23.5 Å². The summed E-state index contributed by atoms with van der Waals surface area (Å²) in [5, 5.41) is 3.38. The molecule has 0 aliphatic carbocycles. The standard InChI is InChI=1S/C15H20ClN3O2S/c1-22-9-7-12(17)14(20)18-13-6-8-19(15(13)21)11-4-2-10(16)3-5-11/h2-5,12-13H,6-9,17H2,1H3,(H,18,20)/t12-,13?/m0/s1. The highest BCUT2D eigenvalue weighted by Crippen LogP contribution is 2.23. The van der Waals surface area contributed by atoms with E-state index in [9.17, 15) is 9.59 Å². The van der Waals surface area contributed by atoms with Crippen molar-refractivity contribution >= 4 is 40.9 Å². The predicted molar refractivity (Wildman–Crippen MR) is 91.3 cm³/mol. The van der Waals surface area contributed by atoms with Crippen LogP contribution in [0.15, 0.2) is 24.3 Å². The van der Waals surface area contributed by atoms with Crippen LogP contribution in [-0.4, -0.2) is 42.5 Å². The van der Waals surface area contributed by atoms with Crippen molar-refractivity contribution in [1.82, 2.24) is 5.32 Å². The summed E-state index contributed by atoms with van der Waals surface area (Å²) in [5.41, 5.74) is 6.61. The average Bonchev–Trinajstić information content (AvgIpc) is 2.86. The van der Waals surface area contributed by atoms with Crippen LogP contribution in [0.3, 0.4) is 0 Å². The van der Waals surface area contributed by atoms with Crippen LogP contribution >= 0.6 is 23.4 Å². The van der Waals surface area contributed by atoms with E-state index < -0.39 is 12.1 Å². The minimum Gasteiger partial charge on any atom is -0.343 e. The zero-order chi connectivity index (χ0) is 16.1. The largest absolute Gasteiger partial charge is 0.343 e. The van der Waals surface area contributed by atoms with Gasteiger partial charge in [-0.05, 0) is 49.1 Å². The number of rotatable bonds is 6. The molecule has 1 fully saturated rings. The second kappa shape index (κ2) is 7.85. The third-order valence-electron chi connectivity index (χ3n) is 3.63. The van der Waals surface area contributed by atoms with E-state index in [1.165, 1.54) is 0 Å². The van der Waals surface area contributed by atoms with E-state index in [1.807, 2.05) is 6.26 Å². The molecule has 22 heavy (non-hydrogen) atoms. The molecule has 1 aromatic carbocycles. The fraction of sp³-hybridized carbons (Fsp3) is 0.467. The van der Waals surface area contributed by atoms with Crippen LogP contribution in [0.4, 0.5) is 5.69 Å². The van der Waals surface area contributed by atoms with Crippen molar-refractivity contribution in [2.24, 2.45) is 5.73 Å². The third-order valence-corrected chi connectivity index (χ3v) is 4.53. The molecule has 3 N–H and O–H groups in total. The molecule has 1 unspecified atom stereocenters. The number of nitrogens with one attached hydrogen (secondary N) is 1. The Balaban J connectivity index is 1.93. The molecule has 2 amide bonds. The van der Waals surface area contributed by atoms with E-state index >= 15 is 0 Å². The summed E-state index contributed by atoms with van der Waals surface area (Å²) in [6, 6.07) is 6.03. The average molecular weight is 342 g/mol. The first-order chi connectivity index (χ1) is 10.5. The molecule has 0 saturated carbocycles. The molecule has 1 heterocycles. The van der Waals surface area contributed by atoms with Gasteiger partial charge in [-0.1, -0.05) is 11.6 Å². The van der Waals surface area contributed by atoms with Crippen LogP contribution < -0.4 is 16.0 Å². The molecule has 1 aliphatic rings. The van der Waals surface area contributed by atoms with Crippen molar-refractivity contribution < 1.29 is 9.59 Å². The normalized spacial score (nSPS) is 19.3. The Morgan fingerprint density at radius 3 is 2.82 bits per heavy atom. The molecule has 7 heteroatoms. The second-order valence-electron chi connectivity index (χ2n) is 5.20. The van der Waals surface area contributed by atoms with Gasteiger partial charge in [-0.15, -0.1) is 0 Å². The number of carbonyl (C=O) groups excluding carboxylic acids is 2. The predicted octanol–water partition coefficient (Wildman–Crippen LogP) is 1.64. The van der Waals surface area contributed by atoms with E-state index in [1.54, 1.807) is 40.9 Å². The topological polar surface area (TPSA) is 75.4 Å². The molecule has 0 radical (unpaired) electrons. The molecule has 120 valence electrons. The minimum atomic E-state index is -0.565. The van der Waals surface area contributed by atoms with E-state index in [2.05, 4.69) is 5.32 Å². The Hall–Kier alpha value is -1.24. The van der Waals surface area contributed by atoms with Crippen molar-refractivity contribution in [3.8, 4) is 0 Å². The van der Waals surface area contributed by atoms with Gasteiger partial charge in [-0.2, -0.15) is 11.8 Å². The molecule has 0 aromatic heterocycles. The van der Waals surface area contributed by atoms with Crippen LogP contribution in [-0.2, 0) is 9.59 Å². The summed E-state index contributed by atoms with van der Waals surface area (Å²) in [7, 11) is 0. The zero-order valence-electron chi connectivity index (χ0n) is 12.4. The molecule has 2 rings (SSSR count). The molecule has 1 saturated heterocycles. The van der Waals surface area contributed by atoms with Crippen molar-refractivity contribution in [1.29, 1.82) is 0 Å². The van der Waals surface area contributed by atoms with Crippen LogP contribution in [0, 0.1) is 0 Å². The Bertz CT molecular complexity index is 538. The van der Waals surface area contributed by atoms with Gasteiger partial charge in [-0.25, -0.2) is 0 Å². The number of benzene rings is 1. The highest BCUT2D eigenvalue weighted by Gasteiger charge is 2.34. The second-order valence-corrected chi connectivity index (χ2v) is 6.63. The van der Waals surface area contributed by atoms with Gasteiger partial charge in [-0.3, -0.25) is 9.59 Å². The van der Waals surface area contributed by atoms with Crippen LogP contribution in [0.1, 0.15) is 12.8 Å². The number of hydrogen-bond donors (Lipinski definition) is 2. The van der Waals surface area contributed by atoms with E-state index in [-0.39, 0.29) is 11.8 Å². The molecule has 1 aliphatic heterocycles. The van der Waals surface area contributed by atoms with Gasteiger partial charge in [0.15, 0.2) is 0 Å². The lowest BCUT2D eigenvalue weighted by molar-refractivity contribution is -0.127. The number of thioether (sulfide) groups is 1. The van der Waals surface area contributed by atoms with Crippen molar-refractivity contribution in [3.05, 3.63) is 29.3 Å². The number of hydrogen-bond acceptors (Lipinski definition) is 4. The maximum atomic E-state index is 12.4. The number of amides is 2. The maximum Gasteiger partial charge on any atom is 0.249 e. The quantitative estimate of drug-likeness (QED) is 0.824. The molecule has 5 nitrogen and oxygen atoms in total. The summed E-state index contributed by atoms with van der Waals surface area (Å²) in [4.78, 5) is 26.1. The highest BCUT2D eigenvalue weighted by molar-refractivity contribution is 7.98. The summed E-state index contributed by atoms with van der Waals surface area (Å²) in [6.45, 7) is 0.575. The van der Waals surface area contributed by atoms with Gasteiger partial charge in [0.05, 0.1) is 6.04 Å². The first kappa shape index (κ1) is 17.1. The minimum absolute atomic E-state index is 0.104. The Morgan fingerprint density at radius 2 is 2.18 bits per heavy atom. The van der Waals surface area contributed by atoms with E-state index in [0.29, 0.717) is 24.4 Å². The summed E-state index contributed by atoms with van der Waals surface area (Å²) < 4.78 is 0. The van der Waals surface area contributed by atoms with Crippen LogP contribution in [0.5, 0.6) is 0 Å². The summed E-state index contributed by atoms with van der Waals surface area (Å²) in [6.07, 6.45) is 3.16. The zero-order valence-corrected chi connectivity index (χ0v) is 14.0. The molecule has 1 aromatic rings. The lowest BCUT2D eigenvalue weighted by Gasteiger charge is -2.18. The summed E-state index contributed by atoms with van der Waals surface area (Å²) in [5.74, 6) is 0.461. The highest BCUT2D eigenvalue weighted by atomic mass is 35.5. The van der Waals surface area contributed by atoms with Crippen LogP contribution in [0.2, 0.25) is 5.02 Å². The lowest BCUT2D eigenvalue weighted by Crippen LogP contribution is -2.48. The first-order valence-corrected chi connectivity index (χ1v) is 8.92. The molecule has 2 atom stereocenters. The maximum absolute atomic E-state index is 12.4.